The molecule has 0 saturated carbocycles. The third kappa shape index (κ3) is 3.77. The van der Waals surface area contributed by atoms with Crippen molar-refractivity contribution in [3.63, 3.8) is 0 Å². The first-order chi connectivity index (χ1) is 13.3. The van der Waals surface area contributed by atoms with Gasteiger partial charge in [0.15, 0.2) is 0 Å². The molecule has 4 aromatic rings. The number of hydrogen-bond acceptors (Lipinski definition) is 3. The summed E-state index contributed by atoms with van der Waals surface area (Å²) in [6, 6.07) is 25.2. The Morgan fingerprint density at radius 2 is 1.59 bits per heavy atom. The van der Waals surface area contributed by atoms with E-state index in [9.17, 15) is 4.79 Å². The Kier molecular flexibility index (Phi) is 4.74. The zero-order valence-corrected chi connectivity index (χ0v) is 14.6. The van der Waals surface area contributed by atoms with E-state index in [0.29, 0.717) is 12.2 Å². The van der Waals surface area contributed by atoms with E-state index in [2.05, 4.69) is 10.3 Å². The Morgan fingerprint density at radius 3 is 2.30 bits per heavy atom. The summed E-state index contributed by atoms with van der Waals surface area (Å²) in [5.74, 6) is -0.206. The lowest BCUT2D eigenvalue weighted by Crippen LogP contribution is -2.23. The molecular formula is C22H18N4O. The second kappa shape index (κ2) is 7.66. The van der Waals surface area contributed by atoms with Crippen LogP contribution in [0.25, 0.3) is 16.9 Å². The Hall–Kier alpha value is -3.73. The number of rotatable bonds is 5. The summed E-state index contributed by atoms with van der Waals surface area (Å²) in [5.41, 5.74) is 4.16. The van der Waals surface area contributed by atoms with Gasteiger partial charge in [-0.3, -0.25) is 9.78 Å². The van der Waals surface area contributed by atoms with Gasteiger partial charge in [-0.1, -0.05) is 54.6 Å². The zero-order chi connectivity index (χ0) is 18.5. The quantitative estimate of drug-likeness (QED) is 0.592. The Morgan fingerprint density at radius 1 is 0.889 bits per heavy atom. The number of hydrogen-bond donors (Lipinski definition) is 1. The number of aromatic nitrogens is 3. The standard InChI is InChI=1S/C22H18N4O/c27-22(20-13-7-8-14-23-20)24-15-18-16-26(19-11-5-2-6-12-19)25-21(18)17-9-3-1-4-10-17/h1-14,16H,15H2,(H,24,27). The van der Waals surface area contributed by atoms with Gasteiger partial charge in [0.05, 0.1) is 11.4 Å². The van der Waals surface area contributed by atoms with Gasteiger partial charge in [-0.2, -0.15) is 5.10 Å². The summed E-state index contributed by atoms with van der Waals surface area (Å²) >= 11 is 0. The molecule has 5 heteroatoms. The van der Waals surface area contributed by atoms with Gasteiger partial charge in [0, 0.05) is 30.1 Å². The molecule has 2 heterocycles. The van der Waals surface area contributed by atoms with Gasteiger partial charge in [-0.25, -0.2) is 4.68 Å². The second-order valence-electron chi connectivity index (χ2n) is 6.05. The molecule has 1 amide bonds. The van der Waals surface area contributed by atoms with Crippen LogP contribution in [0, 0.1) is 0 Å². The molecule has 0 bridgehead atoms. The van der Waals surface area contributed by atoms with Gasteiger partial charge in [0.25, 0.3) is 5.91 Å². The van der Waals surface area contributed by atoms with Crippen LogP contribution in [0.4, 0.5) is 0 Å². The molecule has 132 valence electrons. The van der Waals surface area contributed by atoms with Gasteiger partial charge in [0.2, 0.25) is 0 Å². The summed E-state index contributed by atoms with van der Waals surface area (Å²) < 4.78 is 1.84. The van der Waals surface area contributed by atoms with Gasteiger partial charge in [-0.15, -0.1) is 0 Å². The third-order valence-electron chi connectivity index (χ3n) is 4.19. The molecule has 0 aliphatic heterocycles. The molecule has 0 atom stereocenters. The predicted octanol–water partition coefficient (Wildman–Crippen LogP) is 3.86. The highest BCUT2D eigenvalue weighted by atomic mass is 16.1. The number of nitrogens with zero attached hydrogens (tertiary/aromatic N) is 3. The molecule has 0 radical (unpaired) electrons. The zero-order valence-electron chi connectivity index (χ0n) is 14.6. The maximum absolute atomic E-state index is 12.3. The van der Waals surface area contributed by atoms with Crippen molar-refractivity contribution in [2.45, 2.75) is 6.54 Å². The van der Waals surface area contributed by atoms with E-state index < -0.39 is 0 Å². The monoisotopic (exact) mass is 354 g/mol. The average Bonchev–Trinajstić information content (AvgIpc) is 3.18. The Bertz CT molecular complexity index is 1030. The molecule has 27 heavy (non-hydrogen) atoms. The minimum absolute atomic E-state index is 0.206. The van der Waals surface area contributed by atoms with Crippen LogP contribution in [-0.2, 0) is 6.54 Å². The maximum Gasteiger partial charge on any atom is 0.270 e. The van der Waals surface area contributed by atoms with Crippen molar-refractivity contribution < 1.29 is 4.79 Å². The van der Waals surface area contributed by atoms with Gasteiger partial charge in [-0.05, 0) is 24.3 Å². The highest BCUT2D eigenvalue weighted by Gasteiger charge is 2.14. The van der Waals surface area contributed by atoms with Crippen molar-refractivity contribution >= 4 is 5.91 Å². The second-order valence-corrected chi connectivity index (χ2v) is 6.05. The van der Waals surface area contributed by atoms with E-state index in [0.717, 1.165) is 22.5 Å². The number of carbonyl (C=O) groups excluding carboxylic acids is 1. The van der Waals surface area contributed by atoms with Crippen LogP contribution in [-0.4, -0.2) is 20.7 Å². The van der Waals surface area contributed by atoms with Crippen molar-refractivity contribution in [2.24, 2.45) is 0 Å². The van der Waals surface area contributed by atoms with Crippen molar-refractivity contribution in [3.8, 4) is 16.9 Å². The summed E-state index contributed by atoms with van der Waals surface area (Å²) in [7, 11) is 0. The van der Waals surface area contributed by atoms with Crippen LogP contribution in [0.2, 0.25) is 0 Å². The highest BCUT2D eigenvalue weighted by molar-refractivity contribution is 5.92. The van der Waals surface area contributed by atoms with Crippen LogP contribution in [0.1, 0.15) is 16.1 Å². The third-order valence-corrected chi connectivity index (χ3v) is 4.19. The number of amides is 1. The predicted molar refractivity (Wildman–Crippen MR) is 104 cm³/mol. The first-order valence-corrected chi connectivity index (χ1v) is 8.70. The molecule has 4 rings (SSSR count). The van der Waals surface area contributed by atoms with Gasteiger partial charge < -0.3 is 5.32 Å². The number of carbonyl (C=O) groups is 1. The lowest BCUT2D eigenvalue weighted by Gasteiger charge is -2.05. The lowest BCUT2D eigenvalue weighted by molar-refractivity contribution is 0.0946. The summed E-state index contributed by atoms with van der Waals surface area (Å²) in [6.07, 6.45) is 3.56. The minimum atomic E-state index is -0.206. The molecule has 0 aliphatic rings. The van der Waals surface area contributed by atoms with E-state index in [4.69, 9.17) is 5.10 Å². The first kappa shape index (κ1) is 16.7. The fraction of sp³-hybridized carbons (Fsp3) is 0.0455. The Balaban J connectivity index is 1.64. The summed E-state index contributed by atoms with van der Waals surface area (Å²) in [4.78, 5) is 16.4. The van der Waals surface area contributed by atoms with Crippen LogP contribution in [0.15, 0.2) is 91.3 Å². The van der Waals surface area contributed by atoms with Crippen molar-refractivity contribution in [1.29, 1.82) is 0 Å². The van der Waals surface area contributed by atoms with Gasteiger partial charge in [0.1, 0.15) is 5.69 Å². The van der Waals surface area contributed by atoms with Crippen LogP contribution < -0.4 is 5.32 Å². The molecule has 0 unspecified atom stereocenters. The Labute approximate surface area is 157 Å². The summed E-state index contributed by atoms with van der Waals surface area (Å²) in [5, 5.41) is 7.69. The number of pyridine rings is 1. The minimum Gasteiger partial charge on any atom is -0.346 e. The van der Waals surface area contributed by atoms with Crippen molar-refractivity contribution in [1.82, 2.24) is 20.1 Å². The smallest absolute Gasteiger partial charge is 0.270 e. The van der Waals surface area contributed by atoms with E-state index >= 15 is 0 Å². The molecule has 2 aromatic heterocycles. The molecule has 5 nitrogen and oxygen atoms in total. The molecule has 0 saturated heterocycles. The van der Waals surface area contributed by atoms with E-state index in [1.807, 2.05) is 71.5 Å². The number of benzene rings is 2. The van der Waals surface area contributed by atoms with E-state index in [1.54, 1.807) is 24.4 Å². The van der Waals surface area contributed by atoms with Crippen LogP contribution in [0.3, 0.4) is 0 Å². The molecule has 0 aliphatic carbocycles. The molecular weight excluding hydrogens is 336 g/mol. The largest absolute Gasteiger partial charge is 0.346 e. The molecule has 0 fully saturated rings. The molecule has 2 aromatic carbocycles. The van der Waals surface area contributed by atoms with Crippen molar-refractivity contribution in [2.75, 3.05) is 0 Å². The van der Waals surface area contributed by atoms with Crippen molar-refractivity contribution in [3.05, 3.63) is 103 Å². The fourth-order valence-corrected chi connectivity index (χ4v) is 2.85. The van der Waals surface area contributed by atoms with E-state index in [1.165, 1.54) is 0 Å². The number of para-hydroxylation sites is 1. The van der Waals surface area contributed by atoms with Crippen LogP contribution >= 0.6 is 0 Å². The average molecular weight is 354 g/mol. The maximum atomic E-state index is 12.3. The van der Waals surface area contributed by atoms with Gasteiger partial charge >= 0.3 is 0 Å². The molecule has 1 N–H and O–H groups in total. The van der Waals surface area contributed by atoms with E-state index in [-0.39, 0.29) is 5.91 Å². The molecule has 0 spiro atoms. The summed E-state index contributed by atoms with van der Waals surface area (Å²) in [6.45, 7) is 0.368. The van der Waals surface area contributed by atoms with Crippen LogP contribution in [0.5, 0.6) is 0 Å². The highest BCUT2D eigenvalue weighted by Crippen LogP contribution is 2.23. The number of nitrogens with one attached hydrogen (secondary N) is 1. The SMILES string of the molecule is O=C(NCc1cn(-c2ccccc2)nc1-c1ccccc1)c1ccccn1. The topological polar surface area (TPSA) is 59.8 Å². The first-order valence-electron chi connectivity index (χ1n) is 8.70. The lowest BCUT2D eigenvalue weighted by atomic mass is 10.1. The normalized spacial score (nSPS) is 10.5. The fourth-order valence-electron chi connectivity index (χ4n) is 2.85.